The van der Waals surface area contributed by atoms with E-state index in [4.69, 9.17) is 4.42 Å². The Bertz CT molecular complexity index is 1000. The van der Waals surface area contributed by atoms with Gasteiger partial charge < -0.3 is 4.42 Å². The molecule has 8 nitrogen and oxygen atoms in total. The third-order valence-electron chi connectivity index (χ3n) is 3.43. The van der Waals surface area contributed by atoms with Gasteiger partial charge in [0.25, 0.3) is 11.6 Å². The van der Waals surface area contributed by atoms with Crippen LogP contribution in [0.15, 0.2) is 52.9 Å². The van der Waals surface area contributed by atoms with E-state index in [1.807, 2.05) is 0 Å². The number of carbonyl (C=O) groups excluding carboxylic acids is 1. The van der Waals surface area contributed by atoms with Crippen molar-refractivity contribution in [1.82, 2.24) is 10.2 Å². The molecule has 0 atom stereocenters. The molecule has 0 unspecified atom stereocenters. The van der Waals surface area contributed by atoms with Crippen LogP contribution in [0.5, 0.6) is 0 Å². The van der Waals surface area contributed by atoms with Crippen LogP contribution in [0.25, 0.3) is 11.5 Å². The maximum atomic E-state index is 12.7. The first-order chi connectivity index (χ1) is 12.8. The highest BCUT2D eigenvalue weighted by Crippen LogP contribution is 2.33. The van der Waals surface area contributed by atoms with Crippen LogP contribution in [0.3, 0.4) is 0 Å². The van der Waals surface area contributed by atoms with Crippen LogP contribution in [0, 0.1) is 10.1 Å². The third kappa shape index (κ3) is 3.92. The summed E-state index contributed by atoms with van der Waals surface area (Å²) in [5.41, 5.74) is -2.24. The van der Waals surface area contributed by atoms with Crippen LogP contribution in [-0.4, -0.2) is 21.0 Å². The number of hydrogen-bond acceptors (Lipinski definition) is 6. The summed E-state index contributed by atoms with van der Waals surface area (Å²) in [5.74, 6) is -0.966. The Morgan fingerprint density at radius 3 is 2.44 bits per heavy atom. The summed E-state index contributed by atoms with van der Waals surface area (Å²) in [5, 5.41) is 20.5. The van der Waals surface area contributed by atoms with Crippen LogP contribution in [0.2, 0.25) is 0 Å². The zero-order valence-electron chi connectivity index (χ0n) is 13.2. The molecule has 0 spiro atoms. The first-order valence-corrected chi connectivity index (χ1v) is 7.31. The van der Waals surface area contributed by atoms with Gasteiger partial charge in [-0.25, -0.2) is 0 Å². The Morgan fingerprint density at radius 1 is 1.11 bits per heavy atom. The van der Waals surface area contributed by atoms with Gasteiger partial charge in [-0.1, -0.05) is 23.3 Å². The average Bonchev–Trinajstić information content (AvgIpc) is 3.09. The molecule has 0 fully saturated rings. The lowest BCUT2D eigenvalue weighted by Crippen LogP contribution is -2.15. The highest BCUT2D eigenvalue weighted by atomic mass is 19.4. The summed E-state index contributed by atoms with van der Waals surface area (Å²) in [7, 11) is 0. The predicted octanol–water partition coefficient (Wildman–Crippen LogP) is 3.92. The van der Waals surface area contributed by atoms with Gasteiger partial charge in [0.2, 0.25) is 5.89 Å². The number of aromatic nitrogens is 2. The van der Waals surface area contributed by atoms with Gasteiger partial charge in [-0.3, -0.25) is 20.2 Å². The number of rotatable bonds is 4. The van der Waals surface area contributed by atoms with Crippen molar-refractivity contribution in [3.63, 3.8) is 0 Å². The highest BCUT2D eigenvalue weighted by molar-refractivity contribution is 6.06. The molecule has 11 heteroatoms. The fraction of sp³-hybridized carbons (Fsp3) is 0.0625. The quantitative estimate of drug-likeness (QED) is 0.544. The molecule has 1 heterocycles. The zero-order valence-corrected chi connectivity index (χ0v) is 13.2. The van der Waals surface area contributed by atoms with Crippen molar-refractivity contribution in [2.75, 3.05) is 5.32 Å². The van der Waals surface area contributed by atoms with Crippen molar-refractivity contribution < 1.29 is 27.3 Å². The number of halogens is 3. The number of benzene rings is 2. The first-order valence-electron chi connectivity index (χ1n) is 7.31. The van der Waals surface area contributed by atoms with Gasteiger partial charge in [0.05, 0.1) is 10.5 Å². The smallest absolute Gasteiger partial charge is 0.403 e. The lowest BCUT2D eigenvalue weighted by atomic mass is 10.1. The molecule has 0 aliphatic rings. The fourth-order valence-corrected chi connectivity index (χ4v) is 2.19. The topological polar surface area (TPSA) is 111 Å². The van der Waals surface area contributed by atoms with E-state index >= 15 is 0 Å². The van der Waals surface area contributed by atoms with Crippen LogP contribution in [0.4, 0.5) is 24.9 Å². The van der Waals surface area contributed by atoms with Gasteiger partial charge in [-0.15, -0.1) is 5.10 Å². The lowest BCUT2D eigenvalue weighted by Gasteiger charge is -2.08. The molecule has 2 aromatic carbocycles. The number of carbonyl (C=O) groups is 1. The van der Waals surface area contributed by atoms with Crippen molar-refractivity contribution >= 4 is 17.6 Å². The monoisotopic (exact) mass is 378 g/mol. The van der Waals surface area contributed by atoms with E-state index in [2.05, 4.69) is 15.5 Å². The maximum absolute atomic E-state index is 12.7. The van der Waals surface area contributed by atoms with E-state index in [0.29, 0.717) is 17.7 Å². The molecule has 0 aliphatic heterocycles. The predicted molar refractivity (Wildman–Crippen MR) is 85.8 cm³/mol. The van der Waals surface area contributed by atoms with Gasteiger partial charge in [0.1, 0.15) is 5.56 Å². The lowest BCUT2D eigenvalue weighted by molar-refractivity contribution is -0.385. The second-order valence-electron chi connectivity index (χ2n) is 5.22. The van der Waals surface area contributed by atoms with Crippen molar-refractivity contribution in [3.05, 3.63) is 69.8 Å². The van der Waals surface area contributed by atoms with E-state index in [1.54, 1.807) is 30.3 Å². The van der Waals surface area contributed by atoms with Crippen LogP contribution in [0.1, 0.15) is 15.9 Å². The third-order valence-corrected chi connectivity index (χ3v) is 3.43. The molecule has 1 N–H and O–H groups in total. The largest absolute Gasteiger partial charge is 0.416 e. The average molecular weight is 378 g/mol. The number of alkyl halides is 3. The minimum absolute atomic E-state index is 0.0906. The Kier molecular flexibility index (Phi) is 4.59. The summed E-state index contributed by atoms with van der Waals surface area (Å²) in [4.78, 5) is 22.2. The molecule has 27 heavy (non-hydrogen) atoms. The minimum atomic E-state index is -4.78. The SMILES string of the molecule is O=C(Nc1nnc(-c2ccccc2)o1)c1ccc(C(F)(F)F)cc1[N+](=O)[O-]. The number of nitrogens with one attached hydrogen (secondary N) is 1. The molecule has 1 amide bonds. The van der Waals surface area contributed by atoms with E-state index < -0.39 is 33.8 Å². The van der Waals surface area contributed by atoms with E-state index in [-0.39, 0.29) is 18.0 Å². The number of hydrogen-bond donors (Lipinski definition) is 1. The number of anilines is 1. The van der Waals surface area contributed by atoms with Crippen LogP contribution >= 0.6 is 0 Å². The van der Waals surface area contributed by atoms with E-state index in [9.17, 15) is 28.1 Å². The summed E-state index contributed by atoms with van der Waals surface area (Å²) in [6.45, 7) is 0. The molecular formula is C16H9F3N4O4. The summed E-state index contributed by atoms with van der Waals surface area (Å²) >= 11 is 0. The molecule has 0 saturated carbocycles. The second kappa shape index (κ2) is 6.86. The normalized spacial score (nSPS) is 11.2. The molecule has 3 rings (SSSR count). The maximum Gasteiger partial charge on any atom is 0.416 e. The fourth-order valence-electron chi connectivity index (χ4n) is 2.19. The van der Waals surface area contributed by atoms with Gasteiger partial charge in [0, 0.05) is 11.6 Å². The number of amides is 1. The van der Waals surface area contributed by atoms with Crippen LogP contribution < -0.4 is 5.32 Å². The Balaban J connectivity index is 1.86. The van der Waals surface area contributed by atoms with Crippen molar-refractivity contribution in [1.29, 1.82) is 0 Å². The van der Waals surface area contributed by atoms with Crippen molar-refractivity contribution in [3.8, 4) is 11.5 Å². The van der Waals surface area contributed by atoms with Crippen molar-refractivity contribution in [2.45, 2.75) is 6.18 Å². The molecular weight excluding hydrogens is 369 g/mol. The molecule has 0 aliphatic carbocycles. The molecule has 3 aromatic rings. The highest BCUT2D eigenvalue weighted by Gasteiger charge is 2.34. The molecule has 138 valence electrons. The Hall–Kier alpha value is -3.76. The summed E-state index contributed by atoms with van der Waals surface area (Å²) in [6.07, 6.45) is -4.78. The van der Waals surface area contributed by atoms with Gasteiger partial charge in [-0.2, -0.15) is 13.2 Å². The minimum Gasteiger partial charge on any atom is -0.403 e. The summed E-state index contributed by atoms with van der Waals surface area (Å²) < 4.78 is 43.4. The molecule has 0 saturated heterocycles. The number of nitro groups is 1. The van der Waals surface area contributed by atoms with E-state index in [1.165, 1.54) is 0 Å². The first kappa shape index (κ1) is 18.0. The van der Waals surface area contributed by atoms with Gasteiger partial charge in [0.15, 0.2) is 0 Å². The molecule has 1 aromatic heterocycles. The molecule has 0 radical (unpaired) electrons. The number of nitro benzene ring substituents is 1. The zero-order chi connectivity index (χ0) is 19.6. The van der Waals surface area contributed by atoms with Crippen LogP contribution in [-0.2, 0) is 6.18 Å². The van der Waals surface area contributed by atoms with Crippen molar-refractivity contribution in [2.24, 2.45) is 0 Å². The Labute approximate surface area is 148 Å². The van der Waals surface area contributed by atoms with E-state index in [0.717, 1.165) is 0 Å². The van der Waals surface area contributed by atoms with Gasteiger partial charge in [-0.05, 0) is 24.3 Å². The second-order valence-corrected chi connectivity index (χ2v) is 5.22. The standard InChI is InChI=1S/C16H9F3N4O4/c17-16(18,19)10-6-7-11(12(8-10)23(25)26)13(24)20-15-22-21-14(27-15)9-4-2-1-3-5-9/h1-8H,(H,20,22,24). The Morgan fingerprint density at radius 2 is 1.81 bits per heavy atom. The number of nitrogens with zero attached hydrogens (tertiary/aromatic N) is 3. The summed E-state index contributed by atoms with van der Waals surface area (Å²) in [6, 6.07) is 9.81. The van der Waals surface area contributed by atoms with Gasteiger partial charge >= 0.3 is 12.2 Å². The molecule has 0 bridgehead atoms.